The average Bonchev–Trinajstić information content (AvgIpc) is 2.95. The molecular weight excluding hydrogens is 549 g/mol. The molecule has 0 radical (unpaired) electrons. The number of halogens is 2. The van der Waals surface area contributed by atoms with E-state index in [1.165, 1.54) is 12.1 Å². The number of likely N-dealkylation sites (N-methyl/N-ethyl adjacent to an activating group) is 1. The summed E-state index contributed by atoms with van der Waals surface area (Å²) in [6.45, 7) is 5.55. The first kappa shape index (κ1) is 28.5. The summed E-state index contributed by atoms with van der Waals surface area (Å²) >= 11 is 6.75. The van der Waals surface area contributed by atoms with Crippen molar-refractivity contribution in [3.8, 4) is 22.9 Å². The van der Waals surface area contributed by atoms with E-state index >= 15 is 4.39 Å². The van der Waals surface area contributed by atoms with Gasteiger partial charge in [-0.1, -0.05) is 42.4 Å². The Labute approximate surface area is 242 Å². The van der Waals surface area contributed by atoms with Gasteiger partial charge in [0.1, 0.15) is 29.8 Å². The number of amides is 1. The van der Waals surface area contributed by atoms with Gasteiger partial charge in [-0.25, -0.2) is 4.39 Å². The van der Waals surface area contributed by atoms with Gasteiger partial charge in [0.05, 0.1) is 5.02 Å². The fourth-order valence-electron chi connectivity index (χ4n) is 5.13. The van der Waals surface area contributed by atoms with Crippen molar-refractivity contribution < 1.29 is 24.1 Å². The number of aliphatic hydroxyl groups is 1. The highest BCUT2D eigenvalue weighted by Crippen LogP contribution is 2.42. The maximum atomic E-state index is 16.5. The third-order valence-electron chi connectivity index (χ3n) is 7.00. The number of nitrogens with zero attached hydrogens (tertiary/aromatic N) is 5. The lowest BCUT2D eigenvalue weighted by Gasteiger charge is -2.35. The van der Waals surface area contributed by atoms with Gasteiger partial charge in [0, 0.05) is 43.7 Å². The molecule has 1 aromatic heterocycles. The van der Waals surface area contributed by atoms with Crippen molar-refractivity contribution in [2.24, 2.45) is 0 Å². The summed E-state index contributed by atoms with van der Waals surface area (Å²) in [5.74, 6) is -0.464. The molecule has 2 N–H and O–H groups in total. The smallest absolute Gasteiger partial charge is 0.319 e. The van der Waals surface area contributed by atoms with Crippen LogP contribution >= 0.6 is 11.6 Å². The second kappa shape index (κ2) is 11.9. The van der Waals surface area contributed by atoms with Crippen molar-refractivity contribution >= 4 is 45.0 Å². The van der Waals surface area contributed by atoms with Crippen LogP contribution in [-0.4, -0.2) is 95.4 Å². The minimum atomic E-state index is -0.814. The number of carbonyl (C=O) groups is 1. The van der Waals surface area contributed by atoms with Gasteiger partial charge in [-0.15, -0.1) is 0 Å². The highest BCUT2D eigenvalue weighted by atomic mass is 35.5. The van der Waals surface area contributed by atoms with Crippen LogP contribution in [0.15, 0.2) is 55.1 Å². The average molecular weight is 580 g/mol. The third-order valence-corrected chi connectivity index (χ3v) is 7.30. The lowest BCUT2D eigenvalue weighted by Crippen LogP contribution is -2.48. The highest BCUT2D eigenvalue weighted by molar-refractivity contribution is 6.35. The number of hydrogen-bond acceptors (Lipinski definition) is 8. The maximum Gasteiger partial charge on any atom is 0.319 e. The van der Waals surface area contributed by atoms with E-state index in [1.54, 1.807) is 17.0 Å². The van der Waals surface area contributed by atoms with Gasteiger partial charge >= 0.3 is 6.01 Å². The molecule has 1 aliphatic rings. The number of fused-ring (bicyclic) bond motifs is 2. The summed E-state index contributed by atoms with van der Waals surface area (Å²) in [5.41, 5.74) is 0.505. The number of hydrogen-bond donors (Lipinski definition) is 2. The van der Waals surface area contributed by atoms with Crippen molar-refractivity contribution in [3.63, 3.8) is 0 Å². The number of phenols is 1. The molecular formula is C30H31ClFN5O4. The number of phenolic OH excluding ortho intramolecular Hbond substituents is 1. The highest BCUT2D eigenvalue weighted by Gasteiger charge is 2.27. The number of rotatable bonds is 8. The Kier molecular flexibility index (Phi) is 8.25. The van der Waals surface area contributed by atoms with Gasteiger partial charge in [-0.2, -0.15) is 9.97 Å². The first-order valence-corrected chi connectivity index (χ1v) is 13.6. The second-order valence-corrected chi connectivity index (χ2v) is 10.6. The molecule has 4 aromatic rings. The maximum absolute atomic E-state index is 16.5. The van der Waals surface area contributed by atoms with Crippen LogP contribution in [0.2, 0.25) is 5.02 Å². The predicted octanol–water partition coefficient (Wildman–Crippen LogP) is 4.08. The van der Waals surface area contributed by atoms with E-state index in [9.17, 15) is 15.0 Å². The summed E-state index contributed by atoms with van der Waals surface area (Å²) in [4.78, 5) is 26.5. The minimum absolute atomic E-state index is 0.0106. The van der Waals surface area contributed by atoms with Gasteiger partial charge in [0.2, 0.25) is 5.91 Å². The van der Waals surface area contributed by atoms with E-state index in [4.69, 9.17) is 16.3 Å². The number of piperazine rings is 1. The zero-order valence-corrected chi connectivity index (χ0v) is 23.6. The van der Waals surface area contributed by atoms with Crippen LogP contribution in [0.4, 0.5) is 10.2 Å². The van der Waals surface area contributed by atoms with Crippen LogP contribution in [0.5, 0.6) is 11.8 Å². The number of ether oxygens (including phenoxy) is 1. The Hall–Kier alpha value is -3.99. The second-order valence-electron chi connectivity index (χ2n) is 10.2. The molecule has 9 nitrogen and oxygen atoms in total. The van der Waals surface area contributed by atoms with E-state index in [2.05, 4.69) is 16.5 Å². The van der Waals surface area contributed by atoms with Crippen LogP contribution in [0, 0.1) is 5.82 Å². The molecule has 1 fully saturated rings. The zero-order valence-electron chi connectivity index (χ0n) is 22.8. The number of benzene rings is 3. The first-order chi connectivity index (χ1) is 19.7. The summed E-state index contributed by atoms with van der Waals surface area (Å²) in [5, 5.41) is 22.7. The molecule has 1 atom stereocenters. The quantitative estimate of drug-likeness (QED) is 0.301. The Morgan fingerprint density at radius 1 is 1.17 bits per heavy atom. The first-order valence-electron chi connectivity index (χ1n) is 13.2. The molecule has 5 rings (SSSR count). The summed E-state index contributed by atoms with van der Waals surface area (Å²) < 4.78 is 22.3. The third kappa shape index (κ3) is 5.90. The number of aromatic nitrogens is 2. The Morgan fingerprint density at radius 3 is 2.61 bits per heavy atom. The Bertz CT molecular complexity index is 1620. The molecule has 11 heteroatoms. The lowest BCUT2D eigenvalue weighted by atomic mass is 9.96. The fourth-order valence-corrected chi connectivity index (χ4v) is 5.42. The largest absolute Gasteiger partial charge is 0.508 e. The van der Waals surface area contributed by atoms with Gasteiger partial charge in [-0.3, -0.25) is 4.79 Å². The summed E-state index contributed by atoms with van der Waals surface area (Å²) in [6, 6.07) is 11.9. The van der Waals surface area contributed by atoms with Gasteiger partial charge in [-0.05, 0) is 54.7 Å². The SMILES string of the molecule is C=CC(=O)N1CCN(c2nc(OCC(O)CN(C)C)nc3c(F)c(-c4cc(O)cc5ccccc45)c(Cl)cc23)CC1. The molecule has 41 heavy (non-hydrogen) atoms. The zero-order chi connectivity index (χ0) is 29.3. The molecule has 0 bridgehead atoms. The number of carbonyl (C=O) groups excluding carboxylic acids is 1. The molecule has 0 aliphatic carbocycles. The van der Waals surface area contributed by atoms with E-state index in [0.29, 0.717) is 54.9 Å². The van der Waals surface area contributed by atoms with Crippen molar-refractivity contribution in [2.75, 3.05) is 58.3 Å². The van der Waals surface area contributed by atoms with E-state index < -0.39 is 11.9 Å². The van der Waals surface area contributed by atoms with Crippen LogP contribution < -0.4 is 9.64 Å². The number of aliphatic hydroxyl groups excluding tert-OH is 1. The lowest BCUT2D eigenvalue weighted by molar-refractivity contribution is -0.126. The van der Waals surface area contributed by atoms with Crippen LogP contribution in [0.25, 0.3) is 32.8 Å². The fraction of sp³-hybridized carbons (Fsp3) is 0.300. The van der Waals surface area contributed by atoms with Crippen molar-refractivity contribution in [1.29, 1.82) is 0 Å². The van der Waals surface area contributed by atoms with Crippen molar-refractivity contribution in [3.05, 3.63) is 66.0 Å². The predicted molar refractivity (Wildman–Crippen MR) is 158 cm³/mol. The van der Waals surface area contributed by atoms with Crippen molar-refractivity contribution in [2.45, 2.75) is 6.10 Å². The van der Waals surface area contributed by atoms with E-state index in [0.717, 1.165) is 5.39 Å². The molecule has 0 saturated carbocycles. The van der Waals surface area contributed by atoms with Crippen LogP contribution in [0.3, 0.4) is 0 Å². The number of aromatic hydroxyl groups is 1. The van der Waals surface area contributed by atoms with E-state index in [-0.39, 0.29) is 40.4 Å². The molecule has 3 aromatic carbocycles. The monoisotopic (exact) mass is 579 g/mol. The van der Waals surface area contributed by atoms with Crippen molar-refractivity contribution in [1.82, 2.24) is 19.8 Å². The van der Waals surface area contributed by atoms with E-state index in [1.807, 2.05) is 48.2 Å². The summed E-state index contributed by atoms with van der Waals surface area (Å²) in [6.07, 6.45) is 0.466. The normalized spacial score (nSPS) is 14.6. The molecule has 1 aliphatic heterocycles. The molecule has 1 amide bonds. The molecule has 1 saturated heterocycles. The van der Waals surface area contributed by atoms with Crippen LogP contribution in [0.1, 0.15) is 0 Å². The molecule has 2 heterocycles. The standard InChI is InChI=1S/C30H31ClFN5O4/c1-4-25(40)36-9-11-37(12-10-36)29-23-15-24(31)26(22-14-19(38)13-18-7-5-6-8-21(18)22)27(32)28(23)33-30(34-29)41-17-20(39)16-35(2)3/h4-8,13-15,20,38-39H,1,9-12,16-17H2,2-3H3. The Balaban J connectivity index is 1.63. The topological polar surface area (TPSA) is 102 Å². The molecule has 1 unspecified atom stereocenters. The van der Waals surface area contributed by atoms with Crippen LogP contribution in [-0.2, 0) is 4.79 Å². The van der Waals surface area contributed by atoms with Gasteiger partial charge in [0.25, 0.3) is 0 Å². The summed E-state index contributed by atoms with van der Waals surface area (Å²) in [7, 11) is 3.66. The molecule has 0 spiro atoms. The molecule has 214 valence electrons. The Morgan fingerprint density at radius 2 is 1.90 bits per heavy atom. The number of anilines is 1. The minimum Gasteiger partial charge on any atom is -0.508 e. The van der Waals surface area contributed by atoms with Gasteiger partial charge in [0.15, 0.2) is 5.82 Å². The van der Waals surface area contributed by atoms with Gasteiger partial charge < -0.3 is 29.6 Å².